The van der Waals surface area contributed by atoms with Gasteiger partial charge in [-0.05, 0) is 57.4 Å². The van der Waals surface area contributed by atoms with Gasteiger partial charge in [0.1, 0.15) is 0 Å². The number of benzene rings is 1. The average Bonchev–Trinajstić information content (AvgIpc) is 2.69. The highest BCUT2D eigenvalue weighted by molar-refractivity contribution is 7.12. The Bertz CT molecular complexity index is 650. The van der Waals surface area contributed by atoms with Crippen LogP contribution in [0, 0.1) is 34.6 Å². The van der Waals surface area contributed by atoms with Crippen molar-refractivity contribution in [3.63, 3.8) is 0 Å². The van der Waals surface area contributed by atoms with Gasteiger partial charge in [-0.1, -0.05) is 17.7 Å². The van der Waals surface area contributed by atoms with Crippen LogP contribution in [0.1, 0.15) is 32.0 Å². The summed E-state index contributed by atoms with van der Waals surface area (Å²) in [6.45, 7) is 10.8. The zero-order chi connectivity index (χ0) is 15.6. The Hall–Kier alpha value is -1.81. The predicted molar refractivity (Wildman–Crippen MR) is 90.3 cm³/mol. The van der Waals surface area contributed by atoms with Crippen molar-refractivity contribution in [1.29, 1.82) is 0 Å². The monoisotopic (exact) mass is 302 g/mol. The van der Waals surface area contributed by atoms with Gasteiger partial charge in [-0.3, -0.25) is 0 Å². The summed E-state index contributed by atoms with van der Waals surface area (Å²) in [7, 11) is 0. The van der Waals surface area contributed by atoms with Crippen molar-refractivity contribution < 1.29 is 4.79 Å². The topological polar surface area (TPSA) is 41.1 Å². The smallest absolute Gasteiger partial charge is 0.319 e. The number of carbonyl (C=O) groups excluding carboxylic acids is 1. The fraction of sp³-hybridized carbons (Fsp3) is 0.353. The highest BCUT2D eigenvalue weighted by Crippen LogP contribution is 2.22. The van der Waals surface area contributed by atoms with E-state index in [9.17, 15) is 4.79 Å². The van der Waals surface area contributed by atoms with E-state index in [2.05, 4.69) is 49.6 Å². The number of amides is 2. The van der Waals surface area contributed by atoms with E-state index in [4.69, 9.17) is 0 Å². The Balaban J connectivity index is 2.01. The number of hydrogen-bond acceptors (Lipinski definition) is 2. The van der Waals surface area contributed by atoms with Gasteiger partial charge in [0.05, 0.1) is 0 Å². The molecule has 0 saturated carbocycles. The van der Waals surface area contributed by atoms with E-state index in [1.54, 1.807) is 11.3 Å². The number of thiophene rings is 1. The normalized spacial score (nSPS) is 10.5. The molecule has 21 heavy (non-hydrogen) atoms. The minimum atomic E-state index is -0.159. The van der Waals surface area contributed by atoms with Crippen LogP contribution >= 0.6 is 11.3 Å². The average molecular weight is 302 g/mol. The van der Waals surface area contributed by atoms with Gasteiger partial charge >= 0.3 is 6.03 Å². The molecule has 0 spiro atoms. The molecule has 2 aromatic rings. The van der Waals surface area contributed by atoms with E-state index in [0.717, 1.165) is 16.8 Å². The molecule has 112 valence electrons. The van der Waals surface area contributed by atoms with Crippen LogP contribution in [0.5, 0.6) is 0 Å². The van der Waals surface area contributed by atoms with Crippen molar-refractivity contribution in [2.24, 2.45) is 0 Å². The molecular weight excluding hydrogens is 280 g/mol. The summed E-state index contributed by atoms with van der Waals surface area (Å²) in [5, 5.41) is 5.88. The lowest BCUT2D eigenvalue weighted by Gasteiger charge is -2.13. The molecular formula is C17H22N2OS. The third-order valence-corrected chi connectivity index (χ3v) is 4.51. The molecule has 3 nitrogen and oxygen atoms in total. The standard InChI is InChI=1S/C17H22N2OS/c1-10-6-11(2)16(12(3)7-10)19-17(20)18-9-15-8-13(4)21-14(15)5/h6-8H,9H2,1-5H3,(H2,18,19,20). The zero-order valence-electron chi connectivity index (χ0n) is 13.3. The SMILES string of the molecule is Cc1cc(C)c(NC(=O)NCc2cc(C)sc2C)c(C)c1. The van der Waals surface area contributed by atoms with Gasteiger partial charge < -0.3 is 10.6 Å². The maximum absolute atomic E-state index is 12.1. The van der Waals surface area contributed by atoms with Crippen molar-refractivity contribution in [2.75, 3.05) is 5.32 Å². The third kappa shape index (κ3) is 3.85. The molecule has 4 heteroatoms. The molecule has 1 aromatic heterocycles. The van der Waals surface area contributed by atoms with Gasteiger partial charge in [-0.2, -0.15) is 0 Å². The quantitative estimate of drug-likeness (QED) is 0.854. The van der Waals surface area contributed by atoms with Crippen molar-refractivity contribution >= 4 is 23.1 Å². The summed E-state index contributed by atoms with van der Waals surface area (Å²) in [6, 6.07) is 6.13. The fourth-order valence-corrected chi connectivity index (χ4v) is 3.52. The van der Waals surface area contributed by atoms with Crippen LogP contribution in [0.15, 0.2) is 18.2 Å². The molecule has 0 bridgehead atoms. The van der Waals surface area contributed by atoms with E-state index in [0.29, 0.717) is 6.54 Å². The number of anilines is 1. The lowest BCUT2D eigenvalue weighted by molar-refractivity contribution is 0.251. The summed E-state index contributed by atoms with van der Waals surface area (Å²) in [5.74, 6) is 0. The maximum Gasteiger partial charge on any atom is 0.319 e. The van der Waals surface area contributed by atoms with Gasteiger partial charge in [-0.15, -0.1) is 11.3 Å². The Morgan fingerprint density at radius 3 is 2.19 bits per heavy atom. The summed E-state index contributed by atoms with van der Waals surface area (Å²) in [6.07, 6.45) is 0. The fourth-order valence-electron chi connectivity index (χ4n) is 2.57. The van der Waals surface area contributed by atoms with Gasteiger partial charge in [0.2, 0.25) is 0 Å². The molecule has 0 saturated heterocycles. The van der Waals surface area contributed by atoms with Gasteiger partial charge in [0, 0.05) is 22.0 Å². The second-order valence-electron chi connectivity index (χ2n) is 5.52. The van der Waals surface area contributed by atoms with E-state index in [1.807, 2.05) is 13.8 Å². The largest absolute Gasteiger partial charge is 0.334 e. The first-order valence-electron chi connectivity index (χ1n) is 7.05. The highest BCUT2D eigenvalue weighted by atomic mass is 32.1. The van der Waals surface area contributed by atoms with Crippen LogP contribution in [0.25, 0.3) is 0 Å². The van der Waals surface area contributed by atoms with Crippen LogP contribution < -0.4 is 10.6 Å². The third-order valence-electron chi connectivity index (χ3n) is 3.50. The minimum Gasteiger partial charge on any atom is -0.334 e. The summed E-state index contributed by atoms with van der Waals surface area (Å²) >= 11 is 1.76. The first-order chi connectivity index (χ1) is 9.86. The summed E-state index contributed by atoms with van der Waals surface area (Å²) < 4.78 is 0. The van der Waals surface area contributed by atoms with E-state index in [1.165, 1.54) is 20.9 Å². The molecule has 1 aromatic carbocycles. The molecule has 0 radical (unpaired) electrons. The van der Waals surface area contributed by atoms with Crippen molar-refractivity contribution in [3.05, 3.63) is 50.2 Å². The van der Waals surface area contributed by atoms with Crippen LogP contribution in [0.3, 0.4) is 0 Å². The molecule has 0 aliphatic rings. The molecule has 0 aliphatic heterocycles. The Kier molecular flexibility index (Phi) is 4.68. The molecule has 2 amide bonds. The van der Waals surface area contributed by atoms with Gasteiger partial charge in [-0.25, -0.2) is 4.79 Å². The minimum absolute atomic E-state index is 0.159. The number of urea groups is 1. The van der Waals surface area contributed by atoms with Crippen molar-refractivity contribution in [2.45, 2.75) is 41.2 Å². The second kappa shape index (κ2) is 6.31. The second-order valence-corrected chi connectivity index (χ2v) is 6.98. The number of hydrogen-bond donors (Lipinski definition) is 2. The number of aryl methyl sites for hydroxylation is 5. The Morgan fingerprint density at radius 2 is 1.67 bits per heavy atom. The van der Waals surface area contributed by atoms with E-state index >= 15 is 0 Å². The number of carbonyl (C=O) groups is 1. The molecule has 0 fully saturated rings. The molecule has 2 rings (SSSR count). The first-order valence-corrected chi connectivity index (χ1v) is 7.87. The molecule has 0 atom stereocenters. The highest BCUT2D eigenvalue weighted by Gasteiger charge is 2.09. The number of rotatable bonds is 3. The number of nitrogens with one attached hydrogen (secondary N) is 2. The van der Waals surface area contributed by atoms with E-state index < -0.39 is 0 Å². The summed E-state index contributed by atoms with van der Waals surface area (Å²) in [4.78, 5) is 14.6. The van der Waals surface area contributed by atoms with Crippen LogP contribution in [-0.4, -0.2) is 6.03 Å². The maximum atomic E-state index is 12.1. The van der Waals surface area contributed by atoms with Crippen LogP contribution in [0.4, 0.5) is 10.5 Å². The summed E-state index contributed by atoms with van der Waals surface area (Å²) in [5.41, 5.74) is 5.47. The predicted octanol–water partition coefficient (Wildman–Crippen LogP) is 4.61. The van der Waals surface area contributed by atoms with Gasteiger partial charge in [0.25, 0.3) is 0 Å². The molecule has 1 heterocycles. The molecule has 0 unspecified atom stereocenters. The van der Waals surface area contributed by atoms with Gasteiger partial charge in [0.15, 0.2) is 0 Å². The van der Waals surface area contributed by atoms with E-state index in [-0.39, 0.29) is 6.03 Å². The zero-order valence-corrected chi connectivity index (χ0v) is 14.1. The molecule has 2 N–H and O–H groups in total. The molecule has 0 aliphatic carbocycles. The lowest BCUT2D eigenvalue weighted by Crippen LogP contribution is -2.28. The lowest BCUT2D eigenvalue weighted by atomic mass is 10.1. The first kappa shape index (κ1) is 15.6. The van der Waals surface area contributed by atoms with Crippen LogP contribution in [0.2, 0.25) is 0 Å². The van der Waals surface area contributed by atoms with Crippen molar-refractivity contribution in [3.8, 4) is 0 Å². The Labute approximate surface area is 130 Å². The Morgan fingerprint density at radius 1 is 1.05 bits per heavy atom. The van der Waals surface area contributed by atoms with Crippen molar-refractivity contribution in [1.82, 2.24) is 5.32 Å². The van der Waals surface area contributed by atoms with Crippen LogP contribution in [-0.2, 0) is 6.54 Å².